The van der Waals surface area contributed by atoms with Crippen LogP contribution in [0.2, 0.25) is 0 Å². The Kier molecular flexibility index (Phi) is 5.63. The monoisotopic (exact) mass is 640 g/mol. The molecule has 11 rings (SSSR count). The minimum absolute atomic E-state index is 0.880. The van der Waals surface area contributed by atoms with Crippen molar-refractivity contribution >= 4 is 65.9 Å². The number of para-hydroxylation sites is 5. The lowest BCUT2D eigenvalue weighted by Gasteiger charge is -2.09. The van der Waals surface area contributed by atoms with Crippen LogP contribution in [0.15, 0.2) is 179 Å². The van der Waals surface area contributed by atoms with Gasteiger partial charge in [0, 0.05) is 38.5 Å². The molecule has 234 valence electrons. The Labute approximate surface area is 286 Å². The molecule has 0 saturated carbocycles. The molecular weight excluding hydrogens is 613 g/mol. The maximum absolute atomic E-state index is 6.77. The standard InChI is InChI=1S/C46H28N2O2/c1-3-12-32(13-4-1)47-39-20-9-7-16-35(39)45-42(47)37-27-26-31(28-41(37)49-45)29-22-24-30(25-23-29)34-18-11-19-38-43-46(50-44(34)38)36-17-8-10-21-40(36)48(43)33-14-5-2-6-15-33/h1-28H. The van der Waals surface area contributed by atoms with E-state index in [2.05, 4.69) is 179 Å². The van der Waals surface area contributed by atoms with Crippen LogP contribution in [0.25, 0.3) is 99.6 Å². The van der Waals surface area contributed by atoms with E-state index >= 15 is 0 Å². The molecule has 0 aliphatic heterocycles. The smallest absolute Gasteiger partial charge is 0.161 e. The van der Waals surface area contributed by atoms with E-state index in [1.165, 1.54) is 0 Å². The van der Waals surface area contributed by atoms with Gasteiger partial charge in [0.25, 0.3) is 0 Å². The average Bonchev–Trinajstić information content (AvgIpc) is 3.92. The van der Waals surface area contributed by atoms with Crippen LogP contribution in [0.4, 0.5) is 0 Å². The molecule has 0 radical (unpaired) electrons. The fourth-order valence-electron chi connectivity index (χ4n) is 7.90. The zero-order valence-electron chi connectivity index (χ0n) is 26.9. The second-order valence-corrected chi connectivity index (χ2v) is 12.9. The van der Waals surface area contributed by atoms with Crippen molar-refractivity contribution in [2.24, 2.45) is 0 Å². The first-order chi connectivity index (χ1) is 24.8. The van der Waals surface area contributed by atoms with Crippen molar-refractivity contribution in [1.82, 2.24) is 9.13 Å². The summed E-state index contributed by atoms with van der Waals surface area (Å²) in [4.78, 5) is 0. The summed E-state index contributed by atoms with van der Waals surface area (Å²) in [6, 6.07) is 59.8. The second-order valence-electron chi connectivity index (χ2n) is 12.9. The molecule has 0 saturated heterocycles. The molecule has 11 aromatic rings. The highest BCUT2D eigenvalue weighted by molar-refractivity contribution is 6.19. The van der Waals surface area contributed by atoms with Crippen molar-refractivity contribution in [3.63, 3.8) is 0 Å². The molecule has 0 amide bonds. The summed E-state index contributed by atoms with van der Waals surface area (Å²) in [5, 5.41) is 4.42. The summed E-state index contributed by atoms with van der Waals surface area (Å²) in [6.45, 7) is 0. The summed E-state index contributed by atoms with van der Waals surface area (Å²) in [7, 11) is 0. The van der Waals surface area contributed by atoms with E-state index in [0.717, 1.165) is 99.6 Å². The third kappa shape index (κ3) is 3.81. The molecule has 0 spiro atoms. The van der Waals surface area contributed by atoms with Gasteiger partial charge in [-0.25, -0.2) is 0 Å². The molecule has 0 N–H and O–H groups in total. The van der Waals surface area contributed by atoms with Crippen LogP contribution in [0.3, 0.4) is 0 Å². The minimum atomic E-state index is 0.880. The largest absolute Gasteiger partial charge is 0.454 e. The first-order valence-corrected chi connectivity index (χ1v) is 16.9. The topological polar surface area (TPSA) is 36.1 Å². The Morgan fingerprint density at radius 3 is 1.52 bits per heavy atom. The molecular formula is C46H28N2O2. The zero-order chi connectivity index (χ0) is 32.8. The molecule has 50 heavy (non-hydrogen) atoms. The molecule has 7 aromatic carbocycles. The second kappa shape index (κ2) is 10.4. The highest BCUT2D eigenvalue weighted by atomic mass is 16.3. The van der Waals surface area contributed by atoms with E-state index in [-0.39, 0.29) is 0 Å². The Morgan fingerprint density at radius 1 is 0.340 bits per heavy atom. The van der Waals surface area contributed by atoms with Crippen LogP contribution < -0.4 is 0 Å². The lowest BCUT2D eigenvalue weighted by Crippen LogP contribution is -1.93. The molecule has 4 heterocycles. The molecule has 0 fully saturated rings. The summed E-state index contributed by atoms with van der Waals surface area (Å²) < 4.78 is 18.0. The number of furan rings is 2. The zero-order valence-corrected chi connectivity index (χ0v) is 26.9. The van der Waals surface area contributed by atoms with Crippen LogP contribution in [-0.2, 0) is 0 Å². The highest BCUT2D eigenvalue weighted by Gasteiger charge is 2.22. The van der Waals surface area contributed by atoms with Gasteiger partial charge in [-0.1, -0.05) is 103 Å². The van der Waals surface area contributed by atoms with Crippen LogP contribution >= 0.6 is 0 Å². The molecule has 4 nitrogen and oxygen atoms in total. The number of nitrogens with zero attached hydrogens (tertiary/aromatic N) is 2. The Morgan fingerprint density at radius 2 is 0.860 bits per heavy atom. The third-order valence-corrected chi connectivity index (χ3v) is 10.1. The van der Waals surface area contributed by atoms with Crippen LogP contribution in [0.1, 0.15) is 0 Å². The summed E-state index contributed by atoms with van der Waals surface area (Å²) in [6.07, 6.45) is 0. The molecule has 4 aromatic heterocycles. The van der Waals surface area contributed by atoms with E-state index in [1.54, 1.807) is 0 Å². The predicted molar refractivity (Wildman–Crippen MR) is 206 cm³/mol. The molecule has 0 atom stereocenters. The van der Waals surface area contributed by atoms with Crippen LogP contribution in [0.5, 0.6) is 0 Å². The Hall–Kier alpha value is -6.78. The van der Waals surface area contributed by atoms with Gasteiger partial charge in [-0.05, 0) is 83.4 Å². The maximum Gasteiger partial charge on any atom is 0.161 e. The number of rotatable bonds is 4. The number of aromatic nitrogens is 2. The van der Waals surface area contributed by atoms with Gasteiger partial charge >= 0.3 is 0 Å². The Bertz CT molecular complexity index is 3070. The third-order valence-electron chi connectivity index (χ3n) is 10.1. The van der Waals surface area contributed by atoms with E-state index < -0.39 is 0 Å². The summed E-state index contributed by atoms with van der Waals surface area (Å²) in [5.41, 5.74) is 14.7. The average molecular weight is 641 g/mol. The summed E-state index contributed by atoms with van der Waals surface area (Å²) in [5.74, 6) is 0. The van der Waals surface area contributed by atoms with Crippen LogP contribution in [0, 0.1) is 0 Å². The number of benzene rings is 7. The van der Waals surface area contributed by atoms with E-state index in [0.29, 0.717) is 0 Å². The molecule has 0 bridgehead atoms. The quantitative estimate of drug-likeness (QED) is 0.192. The van der Waals surface area contributed by atoms with Gasteiger partial charge in [0.05, 0.1) is 11.0 Å². The van der Waals surface area contributed by atoms with Crippen molar-refractivity contribution in [1.29, 1.82) is 0 Å². The van der Waals surface area contributed by atoms with Crippen molar-refractivity contribution in [2.45, 2.75) is 0 Å². The van der Waals surface area contributed by atoms with Gasteiger partial charge in [0.2, 0.25) is 0 Å². The van der Waals surface area contributed by atoms with Gasteiger partial charge in [-0.3, -0.25) is 0 Å². The SMILES string of the molecule is c1ccc(-n2c3ccccc3c3oc4cc(-c5ccc(-c6cccc7c6oc6c8ccccc8n(-c8ccccc8)c76)cc5)ccc4c32)cc1. The van der Waals surface area contributed by atoms with E-state index in [1.807, 2.05) is 0 Å². The first-order valence-electron chi connectivity index (χ1n) is 16.9. The fourth-order valence-corrected chi connectivity index (χ4v) is 7.90. The number of hydrogen-bond acceptors (Lipinski definition) is 2. The Balaban J connectivity index is 1.03. The van der Waals surface area contributed by atoms with Crippen molar-refractivity contribution in [3.05, 3.63) is 170 Å². The molecule has 0 unspecified atom stereocenters. The lowest BCUT2D eigenvalue weighted by molar-refractivity contribution is 0.673. The highest BCUT2D eigenvalue weighted by Crippen LogP contribution is 2.43. The lowest BCUT2D eigenvalue weighted by atomic mass is 9.99. The van der Waals surface area contributed by atoms with Crippen molar-refractivity contribution in [2.75, 3.05) is 0 Å². The van der Waals surface area contributed by atoms with Crippen molar-refractivity contribution in [3.8, 4) is 33.6 Å². The normalized spacial score (nSPS) is 12.0. The van der Waals surface area contributed by atoms with Gasteiger partial charge in [0.15, 0.2) is 11.2 Å². The number of fused-ring (bicyclic) bond motifs is 10. The van der Waals surface area contributed by atoms with Gasteiger partial charge in [-0.2, -0.15) is 0 Å². The minimum Gasteiger partial charge on any atom is -0.454 e. The van der Waals surface area contributed by atoms with E-state index in [4.69, 9.17) is 8.83 Å². The first kappa shape index (κ1) is 27.2. The van der Waals surface area contributed by atoms with E-state index in [9.17, 15) is 0 Å². The van der Waals surface area contributed by atoms with Gasteiger partial charge in [-0.15, -0.1) is 0 Å². The number of hydrogen-bond donors (Lipinski definition) is 0. The van der Waals surface area contributed by atoms with Crippen molar-refractivity contribution < 1.29 is 8.83 Å². The molecule has 0 aliphatic rings. The summed E-state index contributed by atoms with van der Waals surface area (Å²) >= 11 is 0. The fraction of sp³-hybridized carbons (Fsp3) is 0. The molecule has 4 heteroatoms. The predicted octanol–water partition coefficient (Wildman–Crippen LogP) is 12.7. The van der Waals surface area contributed by atoms with Crippen LogP contribution in [-0.4, -0.2) is 9.13 Å². The van der Waals surface area contributed by atoms with Gasteiger partial charge in [0.1, 0.15) is 22.2 Å². The molecule has 0 aliphatic carbocycles. The van der Waals surface area contributed by atoms with Gasteiger partial charge < -0.3 is 18.0 Å². The maximum atomic E-state index is 6.77.